The molecule has 6 nitrogen and oxygen atoms in total. The van der Waals surface area contributed by atoms with Crippen LogP contribution < -0.4 is 0 Å². The zero-order chi connectivity index (χ0) is 15.7. The smallest absolute Gasteiger partial charge is 0.378 e. The summed E-state index contributed by atoms with van der Waals surface area (Å²) in [5.74, 6) is -1.62. The molecule has 2 atom stereocenters. The first-order valence-electron chi connectivity index (χ1n) is 7.67. The van der Waals surface area contributed by atoms with Crippen LogP contribution in [-0.4, -0.2) is 46.7 Å². The first kappa shape index (κ1) is 17.8. The van der Waals surface area contributed by atoms with E-state index in [2.05, 4.69) is 6.92 Å². The first-order chi connectivity index (χ1) is 10.1. The third-order valence-electron chi connectivity index (χ3n) is 3.46. The maximum atomic E-state index is 11.2. The predicted octanol–water partition coefficient (Wildman–Crippen LogP) is 1.80. The molecule has 0 amide bonds. The van der Waals surface area contributed by atoms with Gasteiger partial charge in [-0.05, 0) is 6.42 Å². The van der Waals surface area contributed by atoms with E-state index in [1.54, 1.807) is 0 Å². The SMILES string of the molecule is CCCCCCCCCOC1=C(O)C(=O)OC1C(O)CO. The fourth-order valence-electron chi connectivity index (χ4n) is 2.20. The van der Waals surface area contributed by atoms with Crippen molar-refractivity contribution in [1.82, 2.24) is 0 Å². The van der Waals surface area contributed by atoms with Crippen molar-refractivity contribution in [3.8, 4) is 0 Å². The Morgan fingerprint density at radius 2 is 1.81 bits per heavy atom. The molecular formula is C15H26O6. The molecule has 0 aromatic carbocycles. The van der Waals surface area contributed by atoms with Crippen LogP contribution in [0.4, 0.5) is 0 Å². The van der Waals surface area contributed by atoms with E-state index in [9.17, 15) is 15.0 Å². The third-order valence-corrected chi connectivity index (χ3v) is 3.46. The topological polar surface area (TPSA) is 96.2 Å². The van der Waals surface area contributed by atoms with Crippen molar-refractivity contribution in [3.05, 3.63) is 11.5 Å². The minimum absolute atomic E-state index is 0.0764. The van der Waals surface area contributed by atoms with E-state index < -0.39 is 30.5 Å². The molecule has 0 bridgehead atoms. The summed E-state index contributed by atoms with van der Waals surface area (Å²) in [5, 5.41) is 28.0. The summed E-state index contributed by atoms with van der Waals surface area (Å²) in [4.78, 5) is 11.2. The Balaban J connectivity index is 2.27. The summed E-state index contributed by atoms with van der Waals surface area (Å²) in [7, 11) is 0. The zero-order valence-electron chi connectivity index (χ0n) is 12.6. The summed E-state index contributed by atoms with van der Waals surface area (Å²) in [6, 6.07) is 0. The molecule has 0 radical (unpaired) electrons. The van der Waals surface area contributed by atoms with Gasteiger partial charge in [0, 0.05) is 0 Å². The Morgan fingerprint density at radius 1 is 1.19 bits per heavy atom. The van der Waals surface area contributed by atoms with Crippen LogP contribution >= 0.6 is 0 Å². The monoisotopic (exact) mass is 302 g/mol. The van der Waals surface area contributed by atoms with Gasteiger partial charge in [-0.15, -0.1) is 0 Å². The van der Waals surface area contributed by atoms with Crippen molar-refractivity contribution < 1.29 is 29.6 Å². The van der Waals surface area contributed by atoms with Gasteiger partial charge in [0.15, 0.2) is 11.9 Å². The van der Waals surface area contributed by atoms with Crippen LogP contribution in [0.1, 0.15) is 51.9 Å². The average molecular weight is 302 g/mol. The number of carbonyl (C=O) groups excluding carboxylic acids is 1. The number of cyclic esters (lactones) is 1. The minimum atomic E-state index is -1.29. The van der Waals surface area contributed by atoms with Crippen molar-refractivity contribution >= 4 is 5.97 Å². The lowest BCUT2D eigenvalue weighted by molar-refractivity contribution is -0.148. The highest BCUT2D eigenvalue weighted by atomic mass is 16.6. The number of carbonyl (C=O) groups is 1. The van der Waals surface area contributed by atoms with E-state index in [0.29, 0.717) is 6.61 Å². The fourth-order valence-corrected chi connectivity index (χ4v) is 2.20. The number of aliphatic hydroxyl groups is 3. The summed E-state index contributed by atoms with van der Waals surface area (Å²) < 4.78 is 10.1. The molecule has 0 aliphatic carbocycles. The van der Waals surface area contributed by atoms with Crippen molar-refractivity contribution in [3.63, 3.8) is 0 Å². The summed E-state index contributed by atoms with van der Waals surface area (Å²) >= 11 is 0. The minimum Gasteiger partial charge on any atom is -0.499 e. The molecule has 1 heterocycles. The first-order valence-corrected chi connectivity index (χ1v) is 7.67. The molecule has 0 aromatic heterocycles. The van der Waals surface area contributed by atoms with Gasteiger partial charge in [-0.1, -0.05) is 45.4 Å². The van der Waals surface area contributed by atoms with E-state index in [1.165, 1.54) is 25.7 Å². The lowest BCUT2D eigenvalue weighted by Crippen LogP contribution is -2.32. The van der Waals surface area contributed by atoms with Gasteiger partial charge in [-0.3, -0.25) is 0 Å². The molecular weight excluding hydrogens is 276 g/mol. The maximum absolute atomic E-state index is 11.2. The van der Waals surface area contributed by atoms with E-state index in [0.717, 1.165) is 19.3 Å². The van der Waals surface area contributed by atoms with Crippen LogP contribution in [0.2, 0.25) is 0 Å². The highest BCUT2D eigenvalue weighted by molar-refractivity contribution is 5.89. The molecule has 0 fully saturated rings. The van der Waals surface area contributed by atoms with E-state index in [1.807, 2.05) is 0 Å². The third kappa shape index (κ3) is 5.55. The van der Waals surface area contributed by atoms with Crippen LogP contribution in [0.15, 0.2) is 11.5 Å². The largest absolute Gasteiger partial charge is 0.499 e. The number of esters is 1. The molecule has 0 saturated heterocycles. The lowest BCUT2D eigenvalue weighted by Gasteiger charge is -2.18. The number of unbranched alkanes of at least 4 members (excludes halogenated alkanes) is 6. The normalized spacial score (nSPS) is 19.8. The van der Waals surface area contributed by atoms with E-state index in [-0.39, 0.29) is 5.76 Å². The van der Waals surface area contributed by atoms with Gasteiger partial charge in [0.05, 0.1) is 13.2 Å². The quantitative estimate of drug-likeness (QED) is 0.398. The molecule has 1 rings (SSSR count). The van der Waals surface area contributed by atoms with Crippen LogP contribution in [0, 0.1) is 0 Å². The Bertz CT molecular complexity index is 352. The number of aliphatic hydroxyl groups excluding tert-OH is 3. The van der Waals surface area contributed by atoms with Gasteiger partial charge in [-0.2, -0.15) is 0 Å². The predicted molar refractivity (Wildman–Crippen MR) is 76.6 cm³/mol. The number of rotatable bonds is 11. The summed E-state index contributed by atoms with van der Waals surface area (Å²) in [6.45, 7) is 1.95. The Morgan fingerprint density at radius 3 is 2.43 bits per heavy atom. The van der Waals surface area contributed by atoms with Crippen molar-refractivity contribution in [2.75, 3.05) is 13.2 Å². The molecule has 0 spiro atoms. The van der Waals surface area contributed by atoms with E-state index in [4.69, 9.17) is 14.6 Å². The van der Waals surface area contributed by atoms with Gasteiger partial charge in [0.25, 0.3) is 0 Å². The molecule has 3 N–H and O–H groups in total. The second kappa shape index (κ2) is 9.63. The van der Waals surface area contributed by atoms with Crippen molar-refractivity contribution in [2.45, 2.75) is 64.1 Å². The Kier molecular flexibility index (Phi) is 8.15. The second-order valence-corrected chi connectivity index (χ2v) is 5.26. The number of ether oxygens (including phenoxy) is 2. The number of hydrogen-bond donors (Lipinski definition) is 3. The van der Waals surface area contributed by atoms with Gasteiger partial charge in [0.1, 0.15) is 6.10 Å². The lowest BCUT2D eigenvalue weighted by atomic mass is 10.1. The van der Waals surface area contributed by atoms with Crippen LogP contribution in [0.3, 0.4) is 0 Å². The molecule has 1 aliphatic rings. The Labute approximate surface area is 125 Å². The average Bonchev–Trinajstić information content (AvgIpc) is 2.77. The van der Waals surface area contributed by atoms with Crippen LogP contribution in [0.25, 0.3) is 0 Å². The van der Waals surface area contributed by atoms with Crippen molar-refractivity contribution in [2.24, 2.45) is 0 Å². The van der Waals surface area contributed by atoms with Crippen molar-refractivity contribution in [1.29, 1.82) is 0 Å². The summed E-state index contributed by atoms with van der Waals surface area (Å²) in [6.07, 6.45) is 5.47. The van der Waals surface area contributed by atoms with Gasteiger partial charge >= 0.3 is 5.97 Å². The molecule has 0 saturated carbocycles. The van der Waals surface area contributed by atoms with Gasteiger partial charge in [0.2, 0.25) is 5.76 Å². The van der Waals surface area contributed by atoms with Crippen LogP contribution in [0.5, 0.6) is 0 Å². The molecule has 2 unspecified atom stereocenters. The molecule has 1 aliphatic heterocycles. The van der Waals surface area contributed by atoms with E-state index >= 15 is 0 Å². The molecule has 6 heteroatoms. The molecule has 122 valence electrons. The highest BCUT2D eigenvalue weighted by Gasteiger charge is 2.40. The second-order valence-electron chi connectivity index (χ2n) is 5.26. The standard InChI is InChI=1S/C15H26O6/c1-2-3-4-5-6-7-8-9-20-14-12(18)15(19)21-13(14)11(17)10-16/h11,13,16-18H,2-10H2,1H3. The van der Waals surface area contributed by atoms with Gasteiger partial charge in [-0.25, -0.2) is 4.79 Å². The fraction of sp³-hybridized carbons (Fsp3) is 0.800. The zero-order valence-corrected chi connectivity index (χ0v) is 12.6. The summed E-state index contributed by atoms with van der Waals surface area (Å²) in [5.41, 5.74) is 0. The molecule has 21 heavy (non-hydrogen) atoms. The van der Waals surface area contributed by atoms with Gasteiger partial charge < -0.3 is 24.8 Å². The number of hydrogen-bond acceptors (Lipinski definition) is 6. The highest BCUT2D eigenvalue weighted by Crippen LogP contribution is 2.25. The van der Waals surface area contributed by atoms with Crippen LogP contribution in [-0.2, 0) is 14.3 Å². The maximum Gasteiger partial charge on any atom is 0.378 e. The molecule has 0 aromatic rings. The Hall–Kier alpha value is -1.27.